The molecular weight excluding hydrogens is 414 g/mol. The molecule has 0 saturated heterocycles. The Morgan fingerprint density at radius 3 is 2.83 bits per heavy atom. The number of fused-ring (bicyclic) bond motifs is 4. The quantitative estimate of drug-likeness (QED) is 0.176. The van der Waals surface area contributed by atoms with Crippen LogP contribution in [0.15, 0.2) is 55.9 Å². The van der Waals surface area contributed by atoms with Crippen LogP contribution in [0.1, 0.15) is 11.4 Å². The van der Waals surface area contributed by atoms with Crippen LogP contribution in [-0.4, -0.2) is 31.3 Å². The minimum Gasteiger partial charge on any atom is -0.422 e. The zero-order valence-electron chi connectivity index (χ0n) is 14.6. The molecule has 3 heterocycles. The zero-order chi connectivity index (χ0) is 20.1. The number of non-ortho nitro benzene ring substituents is 1. The fourth-order valence-corrected chi connectivity index (χ4v) is 4.25. The van der Waals surface area contributed by atoms with Crippen molar-refractivity contribution in [3.05, 3.63) is 68.3 Å². The highest BCUT2D eigenvalue weighted by molar-refractivity contribution is 7.99. The second-order valence-electron chi connectivity index (χ2n) is 6.30. The lowest BCUT2D eigenvalue weighted by atomic mass is 10.0. The van der Waals surface area contributed by atoms with Crippen molar-refractivity contribution in [1.29, 1.82) is 0 Å². The Morgan fingerprint density at radius 1 is 1.21 bits per heavy atom. The van der Waals surface area contributed by atoms with E-state index in [0.29, 0.717) is 55.5 Å². The Kier molecular flexibility index (Phi) is 4.14. The molecule has 0 fully saturated rings. The molecule has 4 aromatic rings. The summed E-state index contributed by atoms with van der Waals surface area (Å²) in [6.07, 6.45) is 0. The van der Waals surface area contributed by atoms with Crippen LogP contribution in [0.2, 0.25) is 0 Å². The third-order valence-corrected chi connectivity index (χ3v) is 5.81. The Balaban J connectivity index is 1.68. The van der Waals surface area contributed by atoms with Crippen LogP contribution in [0.25, 0.3) is 21.7 Å². The van der Waals surface area contributed by atoms with Gasteiger partial charge in [0.15, 0.2) is 5.82 Å². The summed E-state index contributed by atoms with van der Waals surface area (Å²) in [5, 5.41) is 26.2. The maximum absolute atomic E-state index is 12.7. The second kappa shape index (κ2) is 6.71. The van der Waals surface area contributed by atoms with Gasteiger partial charge in [-0.05, 0) is 17.5 Å². The number of thioether (sulfide) groups is 1. The lowest BCUT2D eigenvalue weighted by Gasteiger charge is -2.13. The second-order valence-corrected chi connectivity index (χ2v) is 7.56. The zero-order valence-corrected chi connectivity index (χ0v) is 16.3. The number of aromatic nitrogens is 3. The smallest absolute Gasteiger partial charge is 0.345 e. The molecule has 9 nitrogen and oxygen atoms in total. The van der Waals surface area contributed by atoms with E-state index in [-0.39, 0.29) is 5.69 Å². The predicted octanol–water partition coefficient (Wildman–Crippen LogP) is 3.23. The molecule has 2 aromatic carbocycles. The van der Waals surface area contributed by atoms with Crippen LogP contribution < -0.4 is 5.63 Å². The molecule has 0 atom stereocenters. The van der Waals surface area contributed by atoms with Gasteiger partial charge < -0.3 is 4.42 Å². The van der Waals surface area contributed by atoms with E-state index in [2.05, 4.69) is 27.9 Å². The first-order chi connectivity index (χ1) is 14.0. The fourth-order valence-electron chi connectivity index (χ4n) is 3.21. The van der Waals surface area contributed by atoms with Crippen molar-refractivity contribution in [2.45, 2.75) is 10.9 Å². The molecule has 0 amide bonds. The summed E-state index contributed by atoms with van der Waals surface area (Å²) in [7, 11) is 0. The van der Waals surface area contributed by atoms with Gasteiger partial charge in [0.25, 0.3) is 5.69 Å². The van der Waals surface area contributed by atoms with E-state index in [1.807, 2.05) is 0 Å². The van der Waals surface area contributed by atoms with E-state index in [0.717, 1.165) is 0 Å². The first-order valence-corrected chi connectivity index (χ1v) is 10.1. The largest absolute Gasteiger partial charge is 0.422 e. The number of hydrogen-bond donors (Lipinski definition) is 1. The molecule has 0 saturated carbocycles. The summed E-state index contributed by atoms with van der Waals surface area (Å²) in [6.45, 7) is 0. The van der Waals surface area contributed by atoms with Crippen LogP contribution in [0.3, 0.4) is 0 Å². The van der Waals surface area contributed by atoms with Crippen molar-refractivity contribution in [3.8, 4) is 0 Å². The minimum absolute atomic E-state index is 0.0193. The lowest BCUT2D eigenvalue weighted by Crippen LogP contribution is -2.21. The first-order valence-electron chi connectivity index (χ1n) is 8.46. The molecule has 0 bridgehead atoms. The van der Waals surface area contributed by atoms with Crippen LogP contribution >= 0.6 is 24.4 Å². The Hall–Kier alpha value is -3.18. The highest BCUT2D eigenvalue weighted by Crippen LogP contribution is 2.29. The monoisotopic (exact) mass is 425 g/mol. The molecule has 5 rings (SSSR count). The predicted molar refractivity (Wildman–Crippen MR) is 112 cm³/mol. The normalized spacial score (nSPS) is 13.5. The maximum atomic E-state index is 12.7. The van der Waals surface area contributed by atoms with Gasteiger partial charge in [0, 0.05) is 28.7 Å². The highest BCUT2D eigenvalue weighted by atomic mass is 32.2. The number of hydrogen-bond acceptors (Lipinski definition) is 9. The molecule has 1 aliphatic rings. The number of nitro benzene ring substituents is 1. The summed E-state index contributed by atoms with van der Waals surface area (Å²) in [4.78, 5) is 23.3. The van der Waals surface area contributed by atoms with Gasteiger partial charge in [-0.3, -0.25) is 10.1 Å². The average molecular weight is 425 g/mol. The molecule has 29 heavy (non-hydrogen) atoms. The average Bonchev–Trinajstić information content (AvgIpc) is 3.15. The summed E-state index contributed by atoms with van der Waals surface area (Å²) in [5.41, 5.74) is 0.762. The standard InChI is InChI=1S/C18H11N5O4S2/c24-17-13(14-8-29-18-20-19-15(7-28)22(18)21-14)6-10-2-1-9-5-11(23(25)26)3-4-12(9)16(10)27-17/h1-6,28H,7-8H2. The highest BCUT2D eigenvalue weighted by Gasteiger charge is 2.22. The summed E-state index contributed by atoms with van der Waals surface area (Å²) < 4.78 is 7.20. The van der Waals surface area contributed by atoms with Gasteiger partial charge >= 0.3 is 5.63 Å². The van der Waals surface area contributed by atoms with E-state index in [4.69, 9.17) is 4.42 Å². The molecule has 0 N–H and O–H groups in total. The minimum atomic E-state index is -0.522. The van der Waals surface area contributed by atoms with Gasteiger partial charge in [0.2, 0.25) is 5.16 Å². The Labute approximate surface area is 172 Å². The number of rotatable bonds is 3. The van der Waals surface area contributed by atoms with E-state index in [9.17, 15) is 14.9 Å². The first kappa shape index (κ1) is 17.9. The van der Waals surface area contributed by atoms with Crippen molar-refractivity contribution < 1.29 is 9.34 Å². The molecule has 11 heteroatoms. The number of benzene rings is 2. The van der Waals surface area contributed by atoms with E-state index < -0.39 is 10.5 Å². The number of nitrogens with zero attached hydrogens (tertiary/aromatic N) is 5. The molecule has 0 aliphatic carbocycles. The van der Waals surface area contributed by atoms with Crippen LogP contribution in [0, 0.1) is 10.1 Å². The van der Waals surface area contributed by atoms with Gasteiger partial charge in [-0.1, -0.05) is 23.9 Å². The van der Waals surface area contributed by atoms with Gasteiger partial charge in [0.1, 0.15) is 5.58 Å². The lowest BCUT2D eigenvalue weighted by molar-refractivity contribution is -0.384. The van der Waals surface area contributed by atoms with Crippen LogP contribution in [-0.2, 0) is 5.75 Å². The SMILES string of the molecule is O=c1oc2c(ccc3cc([N+](=O)[O-])ccc32)cc1C1=Nn2c(CS)nnc2SC1. The molecule has 0 radical (unpaired) electrons. The molecule has 0 spiro atoms. The van der Waals surface area contributed by atoms with Crippen molar-refractivity contribution in [3.63, 3.8) is 0 Å². The number of nitro groups is 1. The van der Waals surface area contributed by atoms with E-state index in [1.165, 1.54) is 23.9 Å². The van der Waals surface area contributed by atoms with Crippen LogP contribution in [0.5, 0.6) is 0 Å². The summed E-state index contributed by atoms with van der Waals surface area (Å²) in [6, 6.07) is 9.71. The molecule has 144 valence electrons. The Morgan fingerprint density at radius 2 is 2.03 bits per heavy atom. The van der Waals surface area contributed by atoms with Crippen molar-refractivity contribution in [2.75, 3.05) is 5.75 Å². The van der Waals surface area contributed by atoms with Gasteiger partial charge in [-0.15, -0.1) is 10.2 Å². The molecule has 2 aromatic heterocycles. The van der Waals surface area contributed by atoms with Crippen molar-refractivity contribution >= 4 is 57.5 Å². The van der Waals surface area contributed by atoms with Gasteiger partial charge in [-0.2, -0.15) is 22.4 Å². The summed E-state index contributed by atoms with van der Waals surface area (Å²) in [5.74, 6) is 1.42. The topological polar surface area (TPSA) is 116 Å². The number of thiol groups is 1. The van der Waals surface area contributed by atoms with Gasteiger partial charge in [0.05, 0.1) is 22.0 Å². The van der Waals surface area contributed by atoms with E-state index in [1.54, 1.807) is 28.9 Å². The maximum Gasteiger partial charge on any atom is 0.345 e. The third kappa shape index (κ3) is 2.89. The van der Waals surface area contributed by atoms with Crippen LogP contribution in [0.4, 0.5) is 5.69 Å². The van der Waals surface area contributed by atoms with E-state index >= 15 is 0 Å². The molecular formula is C18H11N5O4S2. The Bertz CT molecular complexity index is 1410. The summed E-state index contributed by atoms with van der Waals surface area (Å²) >= 11 is 5.65. The van der Waals surface area contributed by atoms with Gasteiger partial charge in [-0.25, -0.2) is 4.79 Å². The van der Waals surface area contributed by atoms with Crippen molar-refractivity contribution in [1.82, 2.24) is 14.9 Å². The molecule has 0 unspecified atom stereocenters. The third-order valence-electron chi connectivity index (χ3n) is 4.60. The van der Waals surface area contributed by atoms with Crippen molar-refractivity contribution in [2.24, 2.45) is 5.10 Å². The molecule has 1 aliphatic heterocycles. The fraction of sp³-hybridized carbons (Fsp3) is 0.111.